The minimum absolute atomic E-state index is 0.0953. The molecule has 0 amide bonds. The molecule has 2 aromatic rings. The van der Waals surface area contributed by atoms with Crippen molar-refractivity contribution in [2.45, 2.75) is 26.4 Å². The fraction of sp³-hybridized carbons (Fsp3) is 0.263. The number of methoxy groups -OCH3 is 1. The number of hydrogen-bond donors (Lipinski definition) is 1. The van der Waals surface area contributed by atoms with Gasteiger partial charge in [-0.05, 0) is 56.7 Å². The Morgan fingerprint density at radius 1 is 1.08 bits per heavy atom. The topological polar surface area (TPSA) is 72.8 Å². The Hall–Kier alpha value is -2.89. The van der Waals surface area contributed by atoms with E-state index in [0.717, 1.165) is 6.07 Å². The quantitative estimate of drug-likeness (QED) is 0.842. The molecule has 1 N–H and O–H groups in total. The molecule has 0 aliphatic carbocycles. The lowest BCUT2D eigenvalue weighted by Gasteiger charge is -2.19. The molecule has 0 aromatic heterocycles. The second kappa shape index (κ2) is 6.93. The summed E-state index contributed by atoms with van der Waals surface area (Å²) in [6, 6.07) is 8.10. The first kappa shape index (κ1) is 18.4. The zero-order valence-corrected chi connectivity index (χ0v) is 14.4. The summed E-state index contributed by atoms with van der Waals surface area (Å²) in [6.45, 7) is 5.20. The minimum Gasteiger partial charge on any atom is -0.496 e. The van der Waals surface area contributed by atoms with Crippen molar-refractivity contribution in [3.63, 3.8) is 0 Å². The van der Waals surface area contributed by atoms with Crippen LogP contribution in [0.4, 0.5) is 4.39 Å². The second-order valence-electron chi connectivity index (χ2n) is 6.42. The molecule has 0 atom stereocenters. The van der Waals surface area contributed by atoms with E-state index in [4.69, 9.17) is 9.47 Å². The summed E-state index contributed by atoms with van der Waals surface area (Å²) >= 11 is 0. The third-order valence-corrected chi connectivity index (χ3v) is 3.34. The van der Waals surface area contributed by atoms with Crippen molar-refractivity contribution >= 4 is 11.9 Å². The van der Waals surface area contributed by atoms with E-state index in [1.807, 2.05) is 0 Å². The number of carbonyl (C=O) groups is 2. The van der Waals surface area contributed by atoms with Crippen molar-refractivity contribution in [1.82, 2.24) is 0 Å². The molecule has 2 aromatic carbocycles. The Kier molecular flexibility index (Phi) is 5.11. The van der Waals surface area contributed by atoms with Gasteiger partial charge >= 0.3 is 11.9 Å². The Morgan fingerprint density at radius 3 is 2.32 bits per heavy atom. The molecule has 0 aliphatic heterocycles. The predicted molar refractivity (Wildman–Crippen MR) is 90.5 cm³/mol. The maximum Gasteiger partial charge on any atom is 0.339 e. The van der Waals surface area contributed by atoms with Crippen LogP contribution in [0.1, 0.15) is 41.5 Å². The van der Waals surface area contributed by atoms with Crippen molar-refractivity contribution < 1.29 is 28.6 Å². The molecule has 0 fully saturated rings. The summed E-state index contributed by atoms with van der Waals surface area (Å²) in [6.07, 6.45) is 0. The van der Waals surface area contributed by atoms with E-state index in [2.05, 4.69) is 0 Å². The molecule has 25 heavy (non-hydrogen) atoms. The van der Waals surface area contributed by atoms with Gasteiger partial charge in [-0.2, -0.15) is 0 Å². The average molecular weight is 346 g/mol. The molecule has 0 heterocycles. The van der Waals surface area contributed by atoms with Crippen molar-refractivity contribution in [3.8, 4) is 16.9 Å². The number of esters is 1. The van der Waals surface area contributed by atoms with Gasteiger partial charge < -0.3 is 14.6 Å². The second-order valence-corrected chi connectivity index (χ2v) is 6.42. The van der Waals surface area contributed by atoms with Crippen LogP contribution in [0.2, 0.25) is 0 Å². The Morgan fingerprint density at radius 2 is 1.76 bits per heavy atom. The summed E-state index contributed by atoms with van der Waals surface area (Å²) < 4.78 is 24.5. The van der Waals surface area contributed by atoms with Gasteiger partial charge in [-0.1, -0.05) is 6.07 Å². The number of carboxylic acids is 1. The highest BCUT2D eigenvalue weighted by Gasteiger charge is 2.20. The van der Waals surface area contributed by atoms with Gasteiger partial charge in [0.05, 0.1) is 12.7 Å². The van der Waals surface area contributed by atoms with Crippen LogP contribution < -0.4 is 4.74 Å². The van der Waals surface area contributed by atoms with Gasteiger partial charge in [0, 0.05) is 5.56 Å². The van der Waals surface area contributed by atoms with Crippen LogP contribution in [-0.2, 0) is 4.74 Å². The third-order valence-electron chi connectivity index (χ3n) is 3.34. The smallest absolute Gasteiger partial charge is 0.339 e. The van der Waals surface area contributed by atoms with Crippen LogP contribution in [0.25, 0.3) is 11.1 Å². The molecular weight excluding hydrogens is 327 g/mol. The van der Waals surface area contributed by atoms with E-state index in [1.54, 1.807) is 20.8 Å². The molecule has 0 bridgehead atoms. The maximum absolute atomic E-state index is 14.2. The van der Waals surface area contributed by atoms with Gasteiger partial charge in [-0.15, -0.1) is 0 Å². The molecular formula is C19H19FO5. The first-order valence-electron chi connectivity index (χ1n) is 7.57. The lowest BCUT2D eigenvalue weighted by Crippen LogP contribution is -2.23. The van der Waals surface area contributed by atoms with Gasteiger partial charge in [0.25, 0.3) is 0 Å². The first-order chi connectivity index (χ1) is 11.6. The first-order valence-corrected chi connectivity index (χ1v) is 7.57. The van der Waals surface area contributed by atoms with Crippen LogP contribution in [0.3, 0.4) is 0 Å². The van der Waals surface area contributed by atoms with Gasteiger partial charge in [-0.25, -0.2) is 14.0 Å². The number of ether oxygens (including phenoxy) is 2. The summed E-state index contributed by atoms with van der Waals surface area (Å²) in [7, 11) is 1.35. The van der Waals surface area contributed by atoms with Crippen molar-refractivity contribution in [2.24, 2.45) is 0 Å². The molecule has 2 rings (SSSR count). The molecule has 0 spiro atoms. The van der Waals surface area contributed by atoms with Crippen LogP contribution in [0.15, 0.2) is 36.4 Å². The van der Waals surface area contributed by atoms with Gasteiger partial charge in [0.2, 0.25) is 0 Å². The zero-order chi connectivity index (χ0) is 18.8. The maximum atomic E-state index is 14.2. The van der Waals surface area contributed by atoms with E-state index in [9.17, 15) is 19.1 Å². The lowest BCUT2D eigenvalue weighted by atomic mass is 9.99. The minimum atomic E-state index is -1.19. The largest absolute Gasteiger partial charge is 0.496 e. The van der Waals surface area contributed by atoms with Crippen LogP contribution in [-0.4, -0.2) is 29.8 Å². The van der Waals surface area contributed by atoms with Gasteiger partial charge in [-0.3, -0.25) is 0 Å². The molecule has 6 heteroatoms. The highest BCUT2D eigenvalue weighted by Crippen LogP contribution is 2.29. The molecule has 132 valence electrons. The number of carbonyl (C=O) groups excluding carboxylic acids is 1. The van der Waals surface area contributed by atoms with Gasteiger partial charge in [0.1, 0.15) is 22.7 Å². The summed E-state index contributed by atoms with van der Waals surface area (Å²) in [4.78, 5) is 23.5. The van der Waals surface area contributed by atoms with Crippen molar-refractivity contribution in [1.29, 1.82) is 0 Å². The predicted octanol–water partition coefficient (Wildman–Crippen LogP) is 4.15. The van der Waals surface area contributed by atoms with Crippen molar-refractivity contribution in [3.05, 3.63) is 53.3 Å². The Labute approximate surface area is 145 Å². The van der Waals surface area contributed by atoms with Crippen LogP contribution >= 0.6 is 0 Å². The monoisotopic (exact) mass is 346 g/mol. The molecule has 0 aliphatic rings. The normalized spacial score (nSPS) is 11.1. The van der Waals surface area contributed by atoms with E-state index in [-0.39, 0.29) is 22.4 Å². The highest BCUT2D eigenvalue weighted by molar-refractivity contribution is 5.94. The lowest BCUT2D eigenvalue weighted by molar-refractivity contribution is 0.00693. The average Bonchev–Trinajstić information content (AvgIpc) is 2.53. The molecule has 0 radical (unpaired) electrons. The van der Waals surface area contributed by atoms with E-state index >= 15 is 0 Å². The third kappa shape index (κ3) is 4.35. The number of rotatable bonds is 4. The number of halogens is 1. The highest BCUT2D eigenvalue weighted by atomic mass is 19.1. The Balaban J connectivity index is 2.49. The van der Waals surface area contributed by atoms with Crippen LogP contribution in [0.5, 0.6) is 5.75 Å². The summed E-state index contributed by atoms with van der Waals surface area (Å²) in [5, 5.41) is 9.26. The number of aromatic carboxylic acids is 1. The van der Waals surface area contributed by atoms with Gasteiger partial charge in [0.15, 0.2) is 0 Å². The number of benzene rings is 2. The molecule has 0 unspecified atom stereocenters. The van der Waals surface area contributed by atoms with E-state index in [0.29, 0.717) is 5.56 Å². The SMILES string of the molecule is COc1ccc(-c2cc(C(=O)OC(C)(C)C)ccc2F)cc1C(=O)O. The summed E-state index contributed by atoms with van der Waals surface area (Å²) in [5.74, 6) is -2.18. The molecule has 0 saturated carbocycles. The van der Waals surface area contributed by atoms with E-state index < -0.39 is 23.4 Å². The van der Waals surface area contributed by atoms with Crippen molar-refractivity contribution in [2.75, 3.05) is 7.11 Å². The summed E-state index contributed by atoms with van der Waals surface area (Å²) in [5.41, 5.74) is -0.168. The zero-order valence-electron chi connectivity index (χ0n) is 14.4. The molecule has 0 saturated heterocycles. The standard InChI is InChI=1S/C19H19FO5/c1-19(2,3)25-18(23)12-5-7-15(20)13(10-12)11-6-8-16(24-4)14(9-11)17(21)22/h5-10H,1-4H3,(H,21,22). The van der Waals surface area contributed by atoms with E-state index in [1.165, 1.54) is 37.4 Å². The number of carboxylic acid groups (broad SMARTS) is 1. The fourth-order valence-corrected chi connectivity index (χ4v) is 2.25. The number of hydrogen-bond acceptors (Lipinski definition) is 4. The fourth-order valence-electron chi connectivity index (χ4n) is 2.25. The Bertz CT molecular complexity index is 821. The van der Waals surface area contributed by atoms with Crippen LogP contribution in [0, 0.1) is 5.82 Å². The molecule has 5 nitrogen and oxygen atoms in total.